The van der Waals surface area contributed by atoms with Crippen molar-refractivity contribution in [2.75, 3.05) is 25.2 Å². The highest BCUT2D eigenvalue weighted by Gasteiger charge is 2.31. The van der Waals surface area contributed by atoms with Gasteiger partial charge in [-0.15, -0.1) is 18.3 Å². The highest BCUT2D eigenvalue weighted by molar-refractivity contribution is 5.56. The molecule has 0 unspecified atom stereocenters. The van der Waals surface area contributed by atoms with Gasteiger partial charge in [0.2, 0.25) is 0 Å². The highest BCUT2D eigenvalue weighted by atomic mass is 19.4. The number of rotatable bonds is 4. The van der Waals surface area contributed by atoms with Crippen molar-refractivity contribution < 1.29 is 17.9 Å². The molecule has 6 nitrogen and oxygen atoms in total. The molecule has 0 radical (unpaired) electrons. The maximum Gasteiger partial charge on any atom is 0.573 e. The van der Waals surface area contributed by atoms with Gasteiger partial charge < -0.3 is 4.74 Å². The third-order valence-corrected chi connectivity index (χ3v) is 3.89. The van der Waals surface area contributed by atoms with Crippen LogP contribution in [0.1, 0.15) is 25.7 Å². The Morgan fingerprint density at radius 2 is 1.67 bits per heavy atom. The zero-order chi connectivity index (χ0) is 17.0. The van der Waals surface area contributed by atoms with E-state index in [9.17, 15) is 13.2 Å². The monoisotopic (exact) mass is 343 g/mol. The molecule has 0 amide bonds. The molecule has 3 rings (SSSR count). The number of alkyl halides is 3. The highest BCUT2D eigenvalue weighted by Crippen LogP contribution is 2.24. The quantitative estimate of drug-likeness (QED) is 0.909. The zero-order valence-corrected chi connectivity index (χ0v) is 13.2. The van der Waals surface area contributed by atoms with E-state index in [2.05, 4.69) is 25.3 Å². The standard InChI is InChI=1S/C15H20F3N5O/c16-15(17,18)24-14-7-5-13(6-8-14)20-23-12-22(11-19-23)21-9-3-1-2-4-10-21/h5-8,11,20H,1-4,9-10,12H2. The SMILES string of the molecule is FC(F)(F)Oc1ccc(NN2CN(N3CCCCCC3)C=N2)cc1. The molecule has 2 aliphatic rings. The fourth-order valence-corrected chi connectivity index (χ4v) is 2.75. The Hall–Kier alpha value is -2.16. The van der Waals surface area contributed by atoms with Crippen LogP contribution in [-0.2, 0) is 0 Å². The summed E-state index contributed by atoms with van der Waals surface area (Å²) in [5.41, 5.74) is 3.68. The van der Waals surface area contributed by atoms with E-state index in [1.807, 2.05) is 0 Å². The summed E-state index contributed by atoms with van der Waals surface area (Å²) >= 11 is 0. The van der Waals surface area contributed by atoms with Crippen LogP contribution in [0.4, 0.5) is 18.9 Å². The van der Waals surface area contributed by atoms with E-state index in [0.29, 0.717) is 12.4 Å². The van der Waals surface area contributed by atoms with Crippen molar-refractivity contribution in [2.24, 2.45) is 5.10 Å². The minimum atomic E-state index is -4.68. The number of hydrazone groups is 1. The summed E-state index contributed by atoms with van der Waals surface area (Å²) in [6.07, 6.45) is 1.96. The molecule has 2 heterocycles. The first-order valence-corrected chi connectivity index (χ1v) is 7.95. The molecule has 9 heteroatoms. The number of benzene rings is 1. The van der Waals surface area contributed by atoms with Crippen molar-refractivity contribution in [3.05, 3.63) is 24.3 Å². The van der Waals surface area contributed by atoms with Crippen LogP contribution in [-0.4, -0.2) is 47.6 Å². The van der Waals surface area contributed by atoms with Crippen LogP contribution in [0.3, 0.4) is 0 Å². The number of hydrazine groups is 2. The van der Waals surface area contributed by atoms with Gasteiger partial charge in [-0.1, -0.05) is 12.8 Å². The zero-order valence-electron chi connectivity index (χ0n) is 13.2. The Labute approximate surface area is 138 Å². The van der Waals surface area contributed by atoms with Gasteiger partial charge in [-0.25, -0.2) is 5.01 Å². The Morgan fingerprint density at radius 3 is 2.29 bits per heavy atom. The summed E-state index contributed by atoms with van der Waals surface area (Å²) in [5.74, 6) is -0.246. The molecule has 2 aliphatic heterocycles. The lowest BCUT2D eigenvalue weighted by Gasteiger charge is -2.30. The number of anilines is 1. The molecule has 0 spiro atoms. The summed E-state index contributed by atoms with van der Waals surface area (Å²) in [4.78, 5) is 0. The topological polar surface area (TPSA) is 43.3 Å². The number of nitrogens with zero attached hydrogens (tertiary/aromatic N) is 4. The van der Waals surface area contributed by atoms with Gasteiger partial charge in [0.15, 0.2) is 0 Å². The molecular weight excluding hydrogens is 323 g/mol. The molecular formula is C15H20F3N5O. The average molecular weight is 343 g/mol. The molecule has 1 saturated heterocycles. The van der Waals surface area contributed by atoms with Crippen LogP contribution >= 0.6 is 0 Å². The van der Waals surface area contributed by atoms with Crippen molar-refractivity contribution in [1.82, 2.24) is 15.1 Å². The summed E-state index contributed by atoms with van der Waals surface area (Å²) < 4.78 is 40.3. The van der Waals surface area contributed by atoms with Gasteiger partial charge in [-0.2, -0.15) is 5.12 Å². The van der Waals surface area contributed by atoms with Crippen LogP contribution in [0.25, 0.3) is 0 Å². The number of halogens is 3. The Kier molecular flexibility index (Phi) is 4.98. The van der Waals surface area contributed by atoms with Crippen molar-refractivity contribution in [2.45, 2.75) is 32.0 Å². The van der Waals surface area contributed by atoms with E-state index in [0.717, 1.165) is 13.1 Å². The molecule has 0 aliphatic carbocycles. The van der Waals surface area contributed by atoms with E-state index in [-0.39, 0.29) is 5.75 Å². The number of hydrogen-bond donors (Lipinski definition) is 1. The first kappa shape index (κ1) is 16.7. The minimum Gasteiger partial charge on any atom is -0.406 e. The molecule has 1 N–H and O–H groups in total. The van der Waals surface area contributed by atoms with E-state index >= 15 is 0 Å². The van der Waals surface area contributed by atoms with Gasteiger partial charge in [0.1, 0.15) is 18.8 Å². The predicted octanol–water partition coefficient (Wildman–Crippen LogP) is 3.22. The van der Waals surface area contributed by atoms with Crippen molar-refractivity contribution in [1.29, 1.82) is 0 Å². The Morgan fingerprint density at radius 1 is 1.00 bits per heavy atom. The molecule has 0 bridgehead atoms. The molecule has 1 aromatic carbocycles. The molecule has 0 atom stereocenters. The fourth-order valence-electron chi connectivity index (χ4n) is 2.75. The second-order valence-electron chi connectivity index (χ2n) is 5.76. The summed E-state index contributed by atoms with van der Waals surface area (Å²) in [7, 11) is 0. The van der Waals surface area contributed by atoms with Crippen molar-refractivity contribution in [3.8, 4) is 5.75 Å². The summed E-state index contributed by atoms with van der Waals surface area (Å²) in [6, 6.07) is 5.57. The van der Waals surface area contributed by atoms with Crippen LogP contribution in [0.15, 0.2) is 29.4 Å². The Bertz CT molecular complexity index is 555. The van der Waals surface area contributed by atoms with Crippen molar-refractivity contribution >= 4 is 12.0 Å². The second-order valence-corrected chi connectivity index (χ2v) is 5.76. The lowest BCUT2D eigenvalue weighted by atomic mass is 10.2. The van der Waals surface area contributed by atoms with E-state index in [1.54, 1.807) is 11.5 Å². The average Bonchev–Trinajstić information content (AvgIpc) is 2.81. The lowest BCUT2D eigenvalue weighted by Crippen LogP contribution is -2.44. The normalized spacial score (nSPS) is 19.5. The van der Waals surface area contributed by atoms with Gasteiger partial charge in [0.05, 0.1) is 5.69 Å². The fraction of sp³-hybridized carbons (Fsp3) is 0.533. The smallest absolute Gasteiger partial charge is 0.406 e. The molecule has 0 saturated carbocycles. The minimum absolute atomic E-state index is 0.246. The number of nitrogens with one attached hydrogen (secondary N) is 1. The van der Waals surface area contributed by atoms with Gasteiger partial charge >= 0.3 is 6.36 Å². The summed E-state index contributed by atoms with van der Waals surface area (Å²) in [5, 5.41) is 10.2. The molecule has 132 valence electrons. The van der Waals surface area contributed by atoms with Crippen LogP contribution < -0.4 is 10.2 Å². The predicted molar refractivity (Wildman–Crippen MR) is 83.8 cm³/mol. The molecule has 1 aromatic rings. The maximum absolute atomic E-state index is 12.1. The first-order valence-electron chi connectivity index (χ1n) is 7.95. The van der Waals surface area contributed by atoms with E-state index < -0.39 is 6.36 Å². The van der Waals surface area contributed by atoms with Crippen LogP contribution in [0.2, 0.25) is 0 Å². The van der Waals surface area contributed by atoms with E-state index in [1.165, 1.54) is 49.9 Å². The second kappa shape index (κ2) is 7.16. The third-order valence-electron chi connectivity index (χ3n) is 3.89. The number of hydrogen-bond acceptors (Lipinski definition) is 6. The van der Waals surface area contributed by atoms with Crippen LogP contribution in [0.5, 0.6) is 5.75 Å². The third kappa shape index (κ3) is 4.67. The van der Waals surface area contributed by atoms with Crippen molar-refractivity contribution in [3.63, 3.8) is 0 Å². The van der Waals surface area contributed by atoms with Gasteiger partial charge in [-0.05, 0) is 37.1 Å². The molecule has 0 aromatic heterocycles. The maximum atomic E-state index is 12.1. The molecule has 1 fully saturated rings. The van der Waals surface area contributed by atoms with Gasteiger partial charge in [-0.3, -0.25) is 10.4 Å². The van der Waals surface area contributed by atoms with Gasteiger partial charge in [0, 0.05) is 13.1 Å². The lowest BCUT2D eigenvalue weighted by molar-refractivity contribution is -0.274. The summed E-state index contributed by atoms with van der Waals surface area (Å²) in [6.45, 7) is 2.59. The largest absolute Gasteiger partial charge is 0.573 e. The number of ether oxygens (including phenoxy) is 1. The van der Waals surface area contributed by atoms with E-state index in [4.69, 9.17) is 0 Å². The molecule has 24 heavy (non-hydrogen) atoms. The Balaban J connectivity index is 1.51. The van der Waals surface area contributed by atoms with Crippen LogP contribution in [0, 0.1) is 0 Å². The first-order chi connectivity index (χ1) is 11.5. The van der Waals surface area contributed by atoms with Gasteiger partial charge in [0.25, 0.3) is 0 Å².